The van der Waals surface area contributed by atoms with Crippen LogP contribution in [0.1, 0.15) is 31.9 Å². The Labute approximate surface area is 176 Å². The van der Waals surface area contributed by atoms with Crippen LogP contribution in [0.5, 0.6) is 11.5 Å². The Hall–Kier alpha value is -2.81. The van der Waals surface area contributed by atoms with Crippen LogP contribution >= 0.6 is 27.3 Å². The fourth-order valence-electron chi connectivity index (χ4n) is 2.24. The van der Waals surface area contributed by atoms with Crippen molar-refractivity contribution < 1.29 is 14.3 Å². The van der Waals surface area contributed by atoms with Crippen LogP contribution in [-0.2, 0) is 4.79 Å². The van der Waals surface area contributed by atoms with Crippen LogP contribution in [0.3, 0.4) is 0 Å². The lowest BCUT2D eigenvalue weighted by atomic mass is 10.1. The monoisotopic (exact) mass is 459 g/mol. The highest BCUT2D eigenvalue weighted by Crippen LogP contribution is 2.35. The highest BCUT2D eigenvalue weighted by atomic mass is 79.9. The number of thiophene rings is 1. The first-order chi connectivity index (χ1) is 13.4. The van der Waals surface area contributed by atoms with Gasteiger partial charge in [-0.3, -0.25) is 4.79 Å². The molecule has 0 aliphatic heterocycles. The van der Waals surface area contributed by atoms with Gasteiger partial charge in [-0.25, -0.2) is 0 Å². The molecule has 0 aliphatic carbocycles. The van der Waals surface area contributed by atoms with Gasteiger partial charge in [0.1, 0.15) is 22.7 Å². The molecule has 0 spiro atoms. The lowest BCUT2D eigenvalue weighted by Crippen LogP contribution is -2.13. The maximum atomic E-state index is 12.5. The number of nitrogens with one attached hydrogen (secondary N) is 1. The van der Waals surface area contributed by atoms with Gasteiger partial charge in [0.25, 0.3) is 5.91 Å². The van der Waals surface area contributed by atoms with Crippen LogP contribution in [0.4, 0.5) is 5.00 Å². The predicted molar refractivity (Wildman–Crippen MR) is 112 cm³/mol. The number of nitrogens with zero attached hydrogens (tertiary/aromatic N) is 2. The predicted octanol–water partition coefficient (Wildman–Crippen LogP) is 5.11. The van der Waals surface area contributed by atoms with Crippen LogP contribution in [0.15, 0.2) is 33.6 Å². The first-order valence-corrected chi connectivity index (χ1v) is 10.1. The van der Waals surface area contributed by atoms with Crippen molar-refractivity contribution >= 4 is 44.3 Å². The first-order valence-electron chi connectivity index (χ1n) is 8.43. The maximum absolute atomic E-state index is 12.5. The summed E-state index contributed by atoms with van der Waals surface area (Å²) in [6.07, 6.45) is 1.42. The van der Waals surface area contributed by atoms with Crippen molar-refractivity contribution in [2.45, 2.75) is 26.9 Å². The minimum Gasteiger partial charge on any atom is -0.490 e. The molecule has 1 N–H and O–H groups in total. The molecular formula is C20H18BrN3O3S. The molecular weight excluding hydrogens is 442 g/mol. The Balaban J connectivity index is 2.37. The van der Waals surface area contributed by atoms with Crippen LogP contribution in [0.25, 0.3) is 6.08 Å². The molecule has 0 bridgehead atoms. The number of amides is 1. The van der Waals surface area contributed by atoms with E-state index in [1.807, 2.05) is 32.9 Å². The fraction of sp³-hybridized carbons (Fsp3) is 0.250. The molecule has 0 fully saturated rings. The van der Waals surface area contributed by atoms with Crippen molar-refractivity contribution in [3.05, 3.63) is 44.8 Å². The molecule has 1 aromatic heterocycles. The lowest BCUT2D eigenvalue weighted by Gasteiger charge is -2.16. The van der Waals surface area contributed by atoms with Crippen LogP contribution in [0.2, 0.25) is 0 Å². The zero-order chi connectivity index (χ0) is 20.7. The molecule has 144 valence electrons. The summed E-state index contributed by atoms with van der Waals surface area (Å²) in [4.78, 5) is 12.5. The summed E-state index contributed by atoms with van der Waals surface area (Å²) in [7, 11) is 0. The Morgan fingerprint density at radius 1 is 1.36 bits per heavy atom. The molecule has 28 heavy (non-hydrogen) atoms. The zero-order valence-electron chi connectivity index (χ0n) is 15.6. The summed E-state index contributed by atoms with van der Waals surface area (Å²) >= 11 is 4.67. The SMILES string of the molecule is CCOc1cc(/C=C(\C#N)C(=O)Nc2sccc2C#N)c(Br)cc1OC(C)C. The van der Waals surface area contributed by atoms with E-state index in [4.69, 9.17) is 14.7 Å². The standard InChI is InChI=1S/C20H18BrN3O3S/c1-4-26-17-8-14(16(21)9-18(17)27-12(2)3)7-15(11-23)19(25)24-20-13(10-22)5-6-28-20/h5-9,12H,4H2,1-3H3,(H,24,25)/b15-7+. The van der Waals surface area contributed by atoms with E-state index < -0.39 is 5.91 Å². The molecule has 1 amide bonds. The van der Waals surface area contributed by atoms with Crippen molar-refractivity contribution in [2.24, 2.45) is 0 Å². The highest BCUT2D eigenvalue weighted by Gasteiger charge is 2.16. The van der Waals surface area contributed by atoms with Gasteiger partial charge in [0.05, 0.1) is 18.3 Å². The molecule has 1 aromatic carbocycles. The maximum Gasteiger partial charge on any atom is 0.266 e. The number of carbonyl (C=O) groups is 1. The van der Waals surface area contributed by atoms with Gasteiger partial charge in [-0.1, -0.05) is 15.9 Å². The largest absolute Gasteiger partial charge is 0.490 e. The van der Waals surface area contributed by atoms with Gasteiger partial charge in [0, 0.05) is 4.47 Å². The third-order valence-corrected chi connectivity index (χ3v) is 4.92. The summed E-state index contributed by atoms with van der Waals surface area (Å²) in [6.45, 7) is 6.13. The van der Waals surface area contributed by atoms with Crippen molar-refractivity contribution in [1.82, 2.24) is 0 Å². The molecule has 6 nitrogen and oxygen atoms in total. The minimum atomic E-state index is -0.589. The molecule has 2 rings (SSSR count). The van der Waals surface area contributed by atoms with Gasteiger partial charge in [-0.05, 0) is 56.0 Å². The highest BCUT2D eigenvalue weighted by molar-refractivity contribution is 9.10. The molecule has 0 unspecified atom stereocenters. The summed E-state index contributed by atoms with van der Waals surface area (Å²) in [5.74, 6) is 0.503. The molecule has 0 saturated heterocycles. The van der Waals surface area contributed by atoms with Gasteiger partial charge < -0.3 is 14.8 Å². The van der Waals surface area contributed by atoms with Gasteiger partial charge in [0.15, 0.2) is 11.5 Å². The Kier molecular flexibility index (Phi) is 7.62. The van der Waals surface area contributed by atoms with E-state index in [2.05, 4.69) is 21.2 Å². The van der Waals surface area contributed by atoms with E-state index >= 15 is 0 Å². The third kappa shape index (κ3) is 5.35. The van der Waals surface area contributed by atoms with E-state index in [1.54, 1.807) is 23.6 Å². The van der Waals surface area contributed by atoms with Gasteiger partial charge in [-0.15, -0.1) is 11.3 Å². The van der Waals surface area contributed by atoms with E-state index in [1.165, 1.54) is 17.4 Å². The van der Waals surface area contributed by atoms with E-state index in [-0.39, 0.29) is 11.7 Å². The zero-order valence-corrected chi connectivity index (χ0v) is 18.0. The number of rotatable bonds is 7. The van der Waals surface area contributed by atoms with Crippen LogP contribution < -0.4 is 14.8 Å². The van der Waals surface area contributed by atoms with Gasteiger partial charge in [-0.2, -0.15) is 10.5 Å². The van der Waals surface area contributed by atoms with Gasteiger partial charge >= 0.3 is 0 Å². The Morgan fingerprint density at radius 3 is 2.71 bits per heavy atom. The molecule has 0 aliphatic rings. The van der Waals surface area contributed by atoms with E-state index in [9.17, 15) is 10.1 Å². The molecule has 0 saturated carbocycles. The average Bonchev–Trinajstić information content (AvgIpc) is 3.09. The Bertz CT molecular complexity index is 984. The second-order valence-electron chi connectivity index (χ2n) is 5.82. The molecule has 8 heteroatoms. The number of ether oxygens (including phenoxy) is 2. The third-order valence-electron chi connectivity index (χ3n) is 3.40. The summed E-state index contributed by atoms with van der Waals surface area (Å²) in [5, 5.41) is 23.2. The molecule has 2 aromatic rings. The molecule has 0 atom stereocenters. The van der Waals surface area contributed by atoms with E-state index in [0.717, 1.165) is 0 Å². The van der Waals surface area contributed by atoms with E-state index in [0.29, 0.717) is 38.7 Å². The van der Waals surface area contributed by atoms with Crippen molar-refractivity contribution in [3.8, 4) is 23.6 Å². The number of carbonyl (C=O) groups excluding carboxylic acids is 1. The van der Waals surface area contributed by atoms with Crippen LogP contribution in [0, 0.1) is 22.7 Å². The second-order valence-corrected chi connectivity index (χ2v) is 7.59. The van der Waals surface area contributed by atoms with Gasteiger partial charge in [0.2, 0.25) is 0 Å². The molecule has 0 radical (unpaired) electrons. The average molecular weight is 460 g/mol. The number of hydrogen-bond acceptors (Lipinski definition) is 6. The van der Waals surface area contributed by atoms with Crippen molar-refractivity contribution in [2.75, 3.05) is 11.9 Å². The number of halogens is 1. The first kappa shape index (κ1) is 21.5. The molecule has 1 heterocycles. The number of anilines is 1. The second kappa shape index (κ2) is 9.93. The smallest absolute Gasteiger partial charge is 0.266 e. The summed E-state index contributed by atoms with van der Waals surface area (Å²) in [5.41, 5.74) is 0.849. The minimum absolute atomic E-state index is 0.0342. The lowest BCUT2D eigenvalue weighted by molar-refractivity contribution is -0.112. The topological polar surface area (TPSA) is 95.1 Å². The normalized spacial score (nSPS) is 10.9. The van der Waals surface area contributed by atoms with Crippen molar-refractivity contribution in [3.63, 3.8) is 0 Å². The number of hydrogen-bond donors (Lipinski definition) is 1. The summed E-state index contributed by atoms with van der Waals surface area (Å²) < 4.78 is 12.0. The quantitative estimate of drug-likeness (QED) is 0.458. The fourth-order valence-corrected chi connectivity index (χ4v) is 3.41. The van der Waals surface area contributed by atoms with Crippen LogP contribution in [-0.4, -0.2) is 18.6 Å². The summed E-state index contributed by atoms with van der Waals surface area (Å²) in [6, 6.07) is 8.96. The Morgan fingerprint density at radius 2 is 2.11 bits per heavy atom. The number of nitriles is 2. The number of benzene rings is 1. The van der Waals surface area contributed by atoms with Crippen molar-refractivity contribution in [1.29, 1.82) is 10.5 Å².